The van der Waals surface area contributed by atoms with Crippen molar-refractivity contribution in [3.8, 4) is 0 Å². The van der Waals surface area contributed by atoms with Crippen molar-refractivity contribution in [2.75, 3.05) is 0 Å². The first-order valence-electron chi connectivity index (χ1n) is 1.26. The van der Waals surface area contributed by atoms with Gasteiger partial charge < -0.3 is 0 Å². The minimum absolute atomic E-state index is 0. The standard InChI is InChI=1S/2Na.2H2O.4O.2Ti/h;;2*1H2;;;;;;/q2*+1;;;;;2*-1;;+2/p-2. The van der Waals surface area contributed by atoms with Crippen LogP contribution in [-0.4, -0.2) is 7.38 Å². The summed E-state index contributed by atoms with van der Waals surface area (Å²) >= 11 is -7.67. The molecular weight excluding hydrogens is 238 g/mol. The Morgan fingerprint density at radius 3 is 1.00 bits per heavy atom. The summed E-state index contributed by atoms with van der Waals surface area (Å²) in [4.78, 5) is 0. The van der Waals surface area contributed by atoms with E-state index in [2.05, 4.69) is 0 Å². The molecule has 0 aromatic heterocycles. The molecule has 0 radical (unpaired) electrons. The second-order valence-corrected chi connectivity index (χ2v) is 2.20. The number of rotatable bonds is 0. The van der Waals surface area contributed by atoms with Gasteiger partial charge in [-0.2, -0.15) is 0 Å². The summed E-state index contributed by atoms with van der Waals surface area (Å²) in [7, 11) is 0. The zero-order valence-electron chi connectivity index (χ0n) is 5.53. The van der Waals surface area contributed by atoms with Crippen molar-refractivity contribution in [2.45, 2.75) is 0 Å². The maximum absolute atomic E-state index is 8.81. The molecule has 6 nitrogen and oxygen atoms in total. The van der Waals surface area contributed by atoms with Gasteiger partial charge in [0.1, 0.15) is 0 Å². The van der Waals surface area contributed by atoms with Gasteiger partial charge in [0.05, 0.1) is 0 Å². The molecule has 0 aliphatic carbocycles. The van der Waals surface area contributed by atoms with Gasteiger partial charge in [-0.1, -0.05) is 0 Å². The van der Waals surface area contributed by atoms with Crippen LogP contribution in [0.4, 0.5) is 0 Å². The number of hydrogen-bond donors (Lipinski definition) is 2. The molecule has 48 valence electrons. The van der Waals surface area contributed by atoms with Gasteiger partial charge in [0, 0.05) is 0 Å². The van der Waals surface area contributed by atoms with E-state index in [4.69, 9.17) is 21.4 Å². The van der Waals surface area contributed by atoms with Crippen LogP contribution in [0.5, 0.6) is 0 Å². The van der Waals surface area contributed by atoms with Crippen LogP contribution in [0.3, 0.4) is 0 Å². The molecular formula is H2Na2O6Ti2. The van der Waals surface area contributed by atoms with Gasteiger partial charge in [0.2, 0.25) is 0 Å². The van der Waals surface area contributed by atoms with Crippen molar-refractivity contribution < 1.29 is 118 Å². The quantitative estimate of drug-likeness (QED) is 0.405. The number of hydrogen-bond acceptors (Lipinski definition) is 4. The van der Waals surface area contributed by atoms with Gasteiger partial charge in [0.15, 0.2) is 0 Å². The molecule has 0 aliphatic heterocycles. The fraction of sp³-hybridized carbons (Fsp3) is 0. The van der Waals surface area contributed by atoms with E-state index in [1.54, 1.807) is 0 Å². The molecule has 0 aliphatic rings. The Hall–Kier alpha value is 2.87. The van der Waals surface area contributed by atoms with E-state index in [9.17, 15) is 0 Å². The molecule has 0 fully saturated rings. The van der Waals surface area contributed by atoms with Crippen molar-refractivity contribution >= 4 is 0 Å². The Labute approximate surface area is 115 Å². The summed E-state index contributed by atoms with van der Waals surface area (Å²) in [5, 5.41) is 0. The van der Waals surface area contributed by atoms with E-state index in [1.165, 1.54) is 0 Å². The Morgan fingerprint density at radius 2 is 1.00 bits per heavy atom. The summed E-state index contributed by atoms with van der Waals surface area (Å²) < 4.78 is 49.0. The van der Waals surface area contributed by atoms with Crippen LogP contribution in [-0.2, 0) is 43.9 Å². The molecule has 0 saturated heterocycles. The molecule has 0 aromatic carbocycles. The van der Waals surface area contributed by atoms with Gasteiger partial charge in [-0.05, 0) is 0 Å². The summed E-state index contributed by atoms with van der Waals surface area (Å²) in [6, 6.07) is 0. The molecule has 0 unspecified atom stereocenters. The SMILES string of the molecule is [Na+].[Na+].[O]=[Ti]([O-])[O-].[O]=[Ti]([OH])[OH]. The normalized spacial score (nSPS) is 5.20. The first-order valence-corrected chi connectivity index (χ1v) is 5.21. The zero-order chi connectivity index (χ0) is 7.15. The van der Waals surface area contributed by atoms with Gasteiger partial charge in [-0.3, -0.25) is 0 Å². The third-order valence-corrected chi connectivity index (χ3v) is 0. The molecule has 0 heterocycles. The molecule has 0 rings (SSSR count). The van der Waals surface area contributed by atoms with Crippen LogP contribution in [0.15, 0.2) is 0 Å². The molecule has 0 bridgehead atoms. The molecule has 10 heteroatoms. The van der Waals surface area contributed by atoms with Gasteiger partial charge in [0.25, 0.3) is 0 Å². The predicted octanol–water partition coefficient (Wildman–Crippen LogP) is -9.73. The van der Waals surface area contributed by atoms with Crippen LogP contribution in [0.1, 0.15) is 0 Å². The Balaban J connectivity index is -0.0000000300. The first-order chi connectivity index (χ1) is 3.46. The van der Waals surface area contributed by atoms with E-state index in [0.717, 1.165) is 0 Å². The van der Waals surface area contributed by atoms with Crippen molar-refractivity contribution in [3.05, 3.63) is 0 Å². The molecule has 0 amide bonds. The monoisotopic (exact) mass is 240 g/mol. The van der Waals surface area contributed by atoms with E-state index >= 15 is 0 Å². The van der Waals surface area contributed by atoms with Crippen LogP contribution in [0, 0.1) is 0 Å². The second-order valence-electron chi connectivity index (χ2n) is 0.533. The zero-order valence-corrected chi connectivity index (χ0v) is 12.7. The Morgan fingerprint density at radius 1 is 1.00 bits per heavy atom. The molecule has 0 aromatic rings. The van der Waals surface area contributed by atoms with Crippen LogP contribution in [0.25, 0.3) is 0 Å². The van der Waals surface area contributed by atoms with Gasteiger partial charge in [-0.15, -0.1) is 0 Å². The van der Waals surface area contributed by atoms with Crippen LogP contribution >= 0.6 is 0 Å². The van der Waals surface area contributed by atoms with Gasteiger partial charge in [-0.25, -0.2) is 0 Å². The van der Waals surface area contributed by atoms with Crippen molar-refractivity contribution in [3.63, 3.8) is 0 Å². The Bertz CT molecular complexity index is 71.7. The van der Waals surface area contributed by atoms with Crippen LogP contribution in [0.2, 0.25) is 0 Å². The Kier molecular flexibility index (Phi) is 41.1. The molecule has 2 N–H and O–H groups in total. The summed E-state index contributed by atoms with van der Waals surface area (Å²) in [5.41, 5.74) is 0. The summed E-state index contributed by atoms with van der Waals surface area (Å²) in [6.07, 6.45) is 0. The molecule has 10 heavy (non-hydrogen) atoms. The second kappa shape index (κ2) is 17.8. The van der Waals surface area contributed by atoms with Crippen molar-refractivity contribution in [1.29, 1.82) is 0 Å². The maximum atomic E-state index is 8.81. The third-order valence-electron chi connectivity index (χ3n) is 0. The average molecular weight is 240 g/mol. The minimum atomic E-state index is -4.08. The predicted molar refractivity (Wildman–Crippen MR) is 5.81 cm³/mol. The third kappa shape index (κ3) is 129. The summed E-state index contributed by atoms with van der Waals surface area (Å²) in [6.45, 7) is 0. The van der Waals surface area contributed by atoms with Crippen LogP contribution < -0.4 is 66.5 Å². The topological polar surface area (TPSA) is 121 Å². The molecule has 0 saturated carbocycles. The molecule has 0 atom stereocenters. The fourth-order valence-corrected chi connectivity index (χ4v) is 0. The average Bonchev–Trinajstić information content (AvgIpc) is 1.25. The van der Waals surface area contributed by atoms with E-state index in [-0.39, 0.29) is 59.1 Å². The van der Waals surface area contributed by atoms with Crippen molar-refractivity contribution in [1.82, 2.24) is 0 Å². The van der Waals surface area contributed by atoms with E-state index < -0.39 is 37.2 Å². The van der Waals surface area contributed by atoms with E-state index in [0.29, 0.717) is 0 Å². The van der Waals surface area contributed by atoms with Gasteiger partial charge >= 0.3 is 118 Å². The molecule has 0 spiro atoms. The van der Waals surface area contributed by atoms with Crippen molar-refractivity contribution in [2.24, 2.45) is 0 Å². The fourth-order valence-electron chi connectivity index (χ4n) is 0. The first kappa shape index (κ1) is 23.0. The summed E-state index contributed by atoms with van der Waals surface area (Å²) in [5.74, 6) is 0. The van der Waals surface area contributed by atoms with E-state index in [1.807, 2.05) is 0 Å².